The number of nitrogens with one attached hydrogen (secondary N) is 1. The van der Waals surface area contributed by atoms with Gasteiger partial charge in [-0.2, -0.15) is 5.10 Å². The summed E-state index contributed by atoms with van der Waals surface area (Å²) >= 11 is 0. The third-order valence-corrected chi connectivity index (χ3v) is 4.52. The molecule has 0 fully saturated rings. The van der Waals surface area contributed by atoms with Crippen molar-refractivity contribution < 1.29 is 14.3 Å². The average molecular weight is 392 g/mol. The van der Waals surface area contributed by atoms with Gasteiger partial charge in [0, 0.05) is 11.9 Å². The third-order valence-electron chi connectivity index (χ3n) is 4.52. The maximum atomic E-state index is 12.4. The SMILES string of the molecule is Cc1cc(C)n(-c2ccc(C(=O)OC(C)C(=O)NC(C)c3ccccc3)cn2)n1. The smallest absolute Gasteiger partial charge is 0.340 e. The van der Waals surface area contributed by atoms with Gasteiger partial charge in [0.15, 0.2) is 11.9 Å². The number of benzene rings is 1. The van der Waals surface area contributed by atoms with E-state index in [0.29, 0.717) is 5.82 Å². The Balaban J connectivity index is 1.60. The number of amides is 1. The van der Waals surface area contributed by atoms with Crippen molar-refractivity contribution in [1.29, 1.82) is 0 Å². The summed E-state index contributed by atoms with van der Waals surface area (Å²) in [5, 5.41) is 7.21. The van der Waals surface area contributed by atoms with Crippen LogP contribution >= 0.6 is 0 Å². The van der Waals surface area contributed by atoms with Crippen LogP contribution in [0, 0.1) is 13.8 Å². The van der Waals surface area contributed by atoms with Gasteiger partial charge >= 0.3 is 5.97 Å². The lowest BCUT2D eigenvalue weighted by Crippen LogP contribution is -2.37. The van der Waals surface area contributed by atoms with E-state index in [1.807, 2.05) is 57.2 Å². The minimum atomic E-state index is -0.927. The van der Waals surface area contributed by atoms with Crippen molar-refractivity contribution >= 4 is 11.9 Å². The van der Waals surface area contributed by atoms with E-state index in [1.54, 1.807) is 23.7 Å². The van der Waals surface area contributed by atoms with E-state index in [1.165, 1.54) is 6.20 Å². The predicted molar refractivity (Wildman–Crippen MR) is 109 cm³/mol. The lowest BCUT2D eigenvalue weighted by molar-refractivity contribution is -0.129. The van der Waals surface area contributed by atoms with Gasteiger partial charge in [-0.3, -0.25) is 4.79 Å². The standard InChI is InChI=1S/C22H24N4O3/c1-14-12-15(2)26(25-14)20-11-10-19(13-23-20)22(28)29-17(4)21(27)24-16(3)18-8-6-5-7-9-18/h5-13,16-17H,1-4H3,(H,24,27). The van der Waals surface area contributed by atoms with Crippen LogP contribution in [0.4, 0.5) is 0 Å². The Bertz CT molecular complexity index is 997. The fraction of sp³-hybridized carbons (Fsp3) is 0.273. The fourth-order valence-corrected chi connectivity index (χ4v) is 2.93. The number of carbonyl (C=O) groups is 2. The molecule has 0 spiro atoms. The molecule has 1 N–H and O–H groups in total. The van der Waals surface area contributed by atoms with Crippen LogP contribution in [0.15, 0.2) is 54.7 Å². The van der Waals surface area contributed by atoms with Gasteiger partial charge in [-0.1, -0.05) is 30.3 Å². The van der Waals surface area contributed by atoms with E-state index in [-0.39, 0.29) is 17.5 Å². The van der Waals surface area contributed by atoms with Gasteiger partial charge in [0.2, 0.25) is 0 Å². The molecule has 7 heteroatoms. The molecular formula is C22H24N4O3. The number of aryl methyl sites for hydroxylation is 2. The summed E-state index contributed by atoms with van der Waals surface area (Å²) in [6, 6.07) is 14.6. The summed E-state index contributed by atoms with van der Waals surface area (Å²) in [5.74, 6) is -0.357. The van der Waals surface area contributed by atoms with E-state index < -0.39 is 12.1 Å². The van der Waals surface area contributed by atoms with Gasteiger partial charge in [-0.05, 0) is 51.5 Å². The zero-order valence-corrected chi connectivity index (χ0v) is 16.9. The quantitative estimate of drug-likeness (QED) is 0.651. The highest BCUT2D eigenvalue weighted by atomic mass is 16.5. The van der Waals surface area contributed by atoms with Crippen LogP contribution in [-0.2, 0) is 9.53 Å². The first-order valence-electron chi connectivity index (χ1n) is 9.41. The van der Waals surface area contributed by atoms with Crippen LogP contribution in [0.2, 0.25) is 0 Å². The topological polar surface area (TPSA) is 86.1 Å². The summed E-state index contributed by atoms with van der Waals surface area (Å²) in [6.45, 7) is 7.26. The van der Waals surface area contributed by atoms with Crippen molar-refractivity contribution in [2.24, 2.45) is 0 Å². The van der Waals surface area contributed by atoms with E-state index in [2.05, 4.69) is 15.4 Å². The maximum absolute atomic E-state index is 12.4. The highest BCUT2D eigenvalue weighted by Gasteiger charge is 2.21. The van der Waals surface area contributed by atoms with Crippen molar-refractivity contribution in [3.05, 3.63) is 77.2 Å². The molecule has 3 aromatic rings. The fourth-order valence-electron chi connectivity index (χ4n) is 2.93. The number of ether oxygens (including phenoxy) is 1. The predicted octanol–water partition coefficient (Wildman–Crippen LogP) is 3.31. The van der Waals surface area contributed by atoms with Crippen molar-refractivity contribution in [1.82, 2.24) is 20.1 Å². The number of carbonyl (C=O) groups excluding carboxylic acids is 2. The first-order chi connectivity index (χ1) is 13.8. The van der Waals surface area contributed by atoms with E-state index in [4.69, 9.17) is 4.74 Å². The molecule has 1 aromatic carbocycles. The molecule has 0 radical (unpaired) electrons. The molecule has 0 saturated heterocycles. The van der Waals surface area contributed by atoms with Crippen molar-refractivity contribution in [2.45, 2.75) is 39.8 Å². The van der Waals surface area contributed by atoms with E-state index in [9.17, 15) is 9.59 Å². The molecule has 2 atom stereocenters. The molecule has 0 saturated carbocycles. The Morgan fingerprint density at radius 1 is 1.07 bits per heavy atom. The lowest BCUT2D eigenvalue weighted by atomic mass is 10.1. The van der Waals surface area contributed by atoms with Crippen LogP contribution in [-0.4, -0.2) is 32.7 Å². The molecule has 0 bridgehead atoms. The third kappa shape index (κ3) is 4.87. The number of hydrogen-bond donors (Lipinski definition) is 1. The normalized spacial score (nSPS) is 12.8. The van der Waals surface area contributed by atoms with Gasteiger partial charge in [-0.25, -0.2) is 14.5 Å². The molecule has 2 aromatic heterocycles. The van der Waals surface area contributed by atoms with Gasteiger partial charge in [0.25, 0.3) is 5.91 Å². The molecule has 7 nitrogen and oxygen atoms in total. The van der Waals surface area contributed by atoms with E-state index >= 15 is 0 Å². The summed E-state index contributed by atoms with van der Waals surface area (Å²) in [6.07, 6.45) is 0.495. The van der Waals surface area contributed by atoms with Gasteiger partial charge in [0.05, 0.1) is 17.3 Å². The maximum Gasteiger partial charge on any atom is 0.340 e. The summed E-state index contributed by atoms with van der Waals surface area (Å²) < 4.78 is 6.99. The Labute approximate surface area is 169 Å². The molecular weight excluding hydrogens is 368 g/mol. The second-order valence-electron chi connectivity index (χ2n) is 6.93. The Morgan fingerprint density at radius 3 is 2.38 bits per heavy atom. The van der Waals surface area contributed by atoms with Crippen molar-refractivity contribution in [3.8, 4) is 5.82 Å². The minimum absolute atomic E-state index is 0.188. The molecule has 0 aliphatic rings. The van der Waals surface area contributed by atoms with Crippen LogP contribution < -0.4 is 5.32 Å². The molecule has 2 unspecified atom stereocenters. The Kier molecular flexibility index (Phi) is 6.07. The highest BCUT2D eigenvalue weighted by Crippen LogP contribution is 2.13. The first kappa shape index (κ1) is 20.3. The molecule has 29 heavy (non-hydrogen) atoms. The van der Waals surface area contributed by atoms with Crippen LogP contribution in [0.25, 0.3) is 5.82 Å². The van der Waals surface area contributed by atoms with Crippen LogP contribution in [0.1, 0.15) is 47.2 Å². The second kappa shape index (κ2) is 8.68. The monoisotopic (exact) mass is 392 g/mol. The number of hydrogen-bond acceptors (Lipinski definition) is 5. The molecule has 1 amide bonds. The molecule has 2 heterocycles. The highest BCUT2D eigenvalue weighted by molar-refractivity contribution is 5.92. The Morgan fingerprint density at radius 2 is 1.79 bits per heavy atom. The van der Waals surface area contributed by atoms with Gasteiger partial charge < -0.3 is 10.1 Å². The van der Waals surface area contributed by atoms with Crippen LogP contribution in [0.3, 0.4) is 0 Å². The first-order valence-corrected chi connectivity index (χ1v) is 9.41. The number of pyridine rings is 1. The zero-order valence-electron chi connectivity index (χ0n) is 16.9. The number of rotatable bonds is 6. The molecule has 150 valence electrons. The number of nitrogens with zero attached hydrogens (tertiary/aromatic N) is 3. The summed E-state index contributed by atoms with van der Waals surface area (Å²) in [4.78, 5) is 29.0. The molecule has 0 aliphatic heterocycles. The lowest BCUT2D eigenvalue weighted by Gasteiger charge is -2.18. The van der Waals surface area contributed by atoms with E-state index in [0.717, 1.165) is 17.0 Å². The summed E-state index contributed by atoms with van der Waals surface area (Å²) in [7, 11) is 0. The van der Waals surface area contributed by atoms with Crippen LogP contribution in [0.5, 0.6) is 0 Å². The molecule has 3 rings (SSSR count). The Hall–Kier alpha value is -3.48. The molecule has 0 aliphatic carbocycles. The second-order valence-corrected chi connectivity index (χ2v) is 6.93. The average Bonchev–Trinajstić information content (AvgIpc) is 3.06. The largest absolute Gasteiger partial charge is 0.449 e. The summed E-state index contributed by atoms with van der Waals surface area (Å²) in [5.41, 5.74) is 3.08. The van der Waals surface area contributed by atoms with Crippen molar-refractivity contribution in [3.63, 3.8) is 0 Å². The number of esters is 1. The van der Waals surface area contributed by atoms with Crippen molar-refractivity contribution in [2.75, 3.05) is 0 Å². The zero-order chi connectivity index (χ0) is 21.0. The number of aromatic nitrogens is 3. The van der Waals surface area contributed by atoms with Gasteiger partial charge in [0.1, 0.15) is 0 Å². The minimum Gasteiger partial charge on any atom is -0.449 e. The van der Waals surface area contributed by atoms with Gasteiger partial charge in [-0.15, -0.1) is 0 Å².